The fourth-order valence-electron chi connectivity index (χ4n) is 3.31. The van der Waals surface area contributed by atoms with Crippen LogP contribution in [-0.2, 0) is 6.42 Å². The van der Waals surface area contributed by atoms with Gasteiger partial charge in [0.2, 0.25) is 0 Å². The maximum Gasteiger partial charge on any atom is 0.0440 e. The molecule has 1 aromatic carbocycles. The number of nitrogens with one attached hydrogen (secondary N) is 1. The summed E-state index contributed by atoms with van der Waals surface area (Å²) in [5.41, 5.74) is 2.58. The molecule has 1 aromatic rings. The molecule has 1 saturated carbocycles. The van der Waals surface area contributed by atoms with Gasteiger partial charge in [-0.3, -0.25) is 0 Å². The van der Waals surface area contributed by atoms with Crippen LogP contribution in [0.3, 0.4) is 0 Å². The number of aryl methyl sites for hydroxylation is 1. The maximum atomic E-state index is 6.39. The molecular weight excluding hydrogens is 266 g/mol. The molecule has 2 heteroatoms. The Hall–Kier alpha value is -0.530. The van der Waals surface area contributed by atoms with E-state index >= 15 is 0 Å². The molecule has 0 radical (unpaired) electrons. The third kappa shape index (κ3) is 4.49. The predicted octanol–water partition coefficient (Wildman–Crippen LogP) is 4.85. The van der Waals surface area contributed by atoms with E-state index in [0.717, 1.165) is 35.7 Å². The lowest BCUT2D eigenvalue weighted by Crippen LogP contribution is -2.29. The van der Waals surface area contributed by atoms with Gasteiger partial charge in [0.25, 0.3) is 0 Å². The summed E-state index contributed by atoms with van der Waals surface area (Å²) >= 11 is 6.39. The molecule has 0 bridgehead atoms. The summed E-state index contributed by atoms with van der Waals surface area (Å²) in [6, 6.07) is 6.49. The molecule has 0 spiro atoms. The minimum Gasteiger partial charge on any atom is -0.316 e. The summed E-state index contributed by atoms with van der Waals surface area (Å²) in [7, 11) is 0. The largest absolute Gasteiger partial charge is 0.316 e. The van der Waals surface area contributed by atoms with Crippen LogP contribution >= 0.6 is 11.6 Å². The molecule has 2 unspecified atom stereocenters. The molecule has 20 heavy (non-hydrogen) atoms. The number of hydrogen-bond donors (Lipinski definition) is 1. The molecule has 2 rings (SSSR count). The molecule has 112 valence electrons. The number of hydrogen-bond acceptors (Lipinski definition) is 1. The van der Waals surface area contributed by atoms with E-state index < -0.39 is 0 Å². The van der Waals surface area contributed by atoms with Gasteiger partial charge in [-0.2, -0.15) is 0 Å². The van der Waals surface area contributed by atoms with Gasteiger partial charge in [-0.25, -0.2) is 0 Å². The zero-order chi connectivity index (χ0) is 14.5. The van der Waals surface area contributed by atoms with E-state index in [1.54, 1.807) is 0 Å². The zero-order valence-electron chi connectivity index (χ0n) is 13.1. The monoisotopic (exact) mass is 293 g/mol. The topological polar surface area (TPSA) is 12.0 Å². The highest BCUT2D eigenvalue weighted by Crippen LogP contribution is 2.35. The average molecular weight is 294 g/mol. The van der Waals surface area contributed by atoms with E-state index in [0.29, 0.717) is 0 Å². The Kier molecular flexibility index (Phi) is 5.92. The number of benzene rings is 1. The highest BCUT2D eigenvalue weighted by molar-refractivity contribution is 6.31. The molecule has 1 nitrogen and oxygen atoms in total. The molecule has 1 N–H and O–H groups in total. The SMILES string of the molecule is Cc1ccc(CC2CCCC2CNCC(C)C)c(Cl)c1. The van der Waals surface area contributed by atoms with Gasteiger partial charge in [-0.15, -0.1) is 0 Å². The van der Waals surface area contributed by atoms with Crippen molar-refractivity contribution in [3.63, 3.8) is 0 Å². The lowest BCUT2D eigenvalue weighted by Gasteiger charge is -2.21. The van der Waals surface area contributed by atoms with Crippen molar-refractivity contribution in [1.29, 1.82) is 0 Å². The summed E-state index contributed by atoms with van der Waals surface area (Å²) in [5, 5.41) is 4.58. The smallest absolute Gasteiger partial charge is 0.0440 e. The van der Waals surface area contributed by atoms with Gasteiger partial charge in [0.1, 0.15) is 0 Å². The van der Waals surface area contributed by atoms with Gasteiger partial charge >= 0.3 is 0 Å². The maximum absolute atomic E-state index is 6.39. The molecule has 0 heterocycles. The van der Waals surface area contributed by atoms with Crippen molar-refractivity contribution in [3.05, 3.63) is 34.3 Å². The Bertz CT molecular complexity index is 427. The number of halogens is 1. The first-order valence-corrected chi connectivity index (χ1v) is 8.39. The highest BCUT2D eigenvalue weighted by Gasteiger charge is 2.27. The van der Waals surface area contributed by atoms with Crippen LogP contribution in [0, 0.1) is 24.7 Å². The van der Waals surface area contributed by atoms with Crippen molar-refractivity contribution < 1.29 is 0 Å². The van der Waals surface area contributed by atoms with Gasteiger partial charge in [-0.05, 0) is 74.2 Å². The Balaban J connectivity index is 1.90. The van der Waals surface area contributed by atoms with Crippen molar-refractivity contribution in [2.45, 2.75) is 46.5 Å². The summed E-state index contributed by atoms with van der Waals surface area (Å²) in [5.74, 6) is 2.36. The summed E-state index contributed by atoms with van der Waals surface area (Å²) in [6.45, 7) is 8.95. The molecule has 1 aliphatic carbocycles. The summed E-state index contributed by atoms with van der Waals surface area (Å²) in [6.07, 6.45) is 5.26. The first kappa shape index (κ1) is 15.9. The van der Waals surface area contributed by atoms with E-state index in [1.165, 1.54) is 36.9 Å². The predicted molar refractivity (Wildman–Crippen MR) is 88.4 cm³/mol. The van der Waals surface area contributed by atoms with Gasteiger partial charge in [0, 0.05) is 5.02 Å². The third-order valence-corrected chi connectivity index (χ3v) is 4.82. The minimum absolute atomic E-state index is 0.737. The van der Waals surface area contributed by atoms with Crippen LogP contribution in [0.4, 0.5) is 0 Å². The first-order valence-electron chi connectivity index (χ1n) is 8.02. The number of rotatable bonds is 6. The van der Waals surface area contributed by atoms with Crippen LogP contribution < -0.4 is 5.32 Å². The third-order valence-electron chi connectivity index (χ3n) is 4.47. The molecular formula is C18H28ClN. The van der Waals surface area contributed by atoms with Crippen LogP contribution in [0.5, 0.6) is 0 Å². The highest BCUT2D eigenvalue weighted by atomic mass is 35.5. The Morgan fingerprint density at radius 3 is 2.70 bits per heavy atom. The Morgan fingerprint density at radius 2 is 2.00 bits per heavy atom. The molecule has 1 aliphatic rings. The van der Waals surface area contributed by atoms with E-state index in [-0.39, 0.29) is 0 Å². The standard InChI is InChI=1S/C18H28ClN/c1-13(2)11-20-12-17-6-4-5-15(17)10-16-8-7-14(3)9-18(16)19/h7-9,13,15,17,20H,4-6,10-12H2,1-3H3. The summed E-state index contributed by atoms with van der Waals surface area (Å²) in [4.78, 5) is 0. The Labute approximate surface area is 129 Å². The quantitative estimate of drug-likeness (QED) is 0.790. The van der Waals surface area contributed by atoms with Crippen LogP contribution in [0.25, 0.3) is 0 Å². The van der Waals surface area contributed by atoms with E-state index in [9.17, 15) is 0 Å². The van der Waals surface area contributed by atoms with Crippen LogP contribution in [0.2, 0.25) is 5.02 Å². The van der Waals surface area contributed by atoms with Crippen molar-refractivity contribution in [1.82, 2.24) is 5.32 Å². The van der Waals surface area contributed by atoms with E-state index in [1.807, 2.05) is 0 Å². The first-order chi connectivity index (χ1) is 9.56. The van der Waals surface area contributed by atoms with E-state index in [2.05, 4.69) is 44.3 Å². The van der Waals surface area contributed by atoms with Crippen molar-refractivity contribution in [2.24, 2.45) is 17.8 Å². The van der Waals surface area contributed by atoms with Crippen molar-refractivity contribution in [2.75, 3.05) is 13.1 Å². The van der Waals surface area contributed by atoms with Crippen LogP contribution in [-0.4, -0.2) is 13.1 Å². The molecule has 2 atom stereocenters. The van der Waals surface area contributed by atoms with Gasteiger partial charge in [0.15, 0.2) is 0 Å². The second-order valence-electron chi connectivity index (χ2n) is 6.80. The molecule has 1 fully saturated rings. The molecule has 0 amide bonds. The molecule has 0 saturated heterocycles. The van der Waals surface area contributed by atoms with Gasteiger partial charge < -0.3 is 5.32 Å². The molecule has 0 aliphatic heterocycles. The molecule has 0 aromatic heterocycles. The lowest BCUT2D eigenvalue weighted by atomic mass is 9.89. The second kappa shape index (κ2) is 7.47. The fraction of sp³-hybridized carbons (Fsp3) is 0.667. The van der Waals surface area contributed by atoms with E-state index in [4.69, 9.17) is 11.6 Å². The van der Waals surface area contributed by atoms with Gasteiger partial charge in [-0.1, -0.05) is 44.0 Å². The fourth-order valence-corrected chi connectivity index (χ4v) is 3.62. The van der Waals surface area contributed by atoms with Crippen molar-refractivity contribution in [3.8, 4) is 0 Å². The van der Waals surface area contributed by atoms with Gasteiger partial charge in [0.05, 0.1) is 0 Å². The van der Waals surface area contributed by atoms with Crippen LogP contribution in [0.1, 0.15) is 44.2 Å². The minimum atomic E-state index is 0.737. The second-order valence-corrected chi connectivity index (χ2v) is 7.21. The van der Waals surface area contributed by atoms with Crippen molar-refractivity contribution >= 4 is 11.6 Å². The van der Waals surface area contributed by atoms with Crippen LogP contribution in [0.15, 0.2) is 18.2 Å². The lowest BCUT2D eigenvalue weighted by molar-refractivity contribution is 0.357. The zero-order valence-corrected chi connectivity index (χ0v) is 13.8. The average Bonchev–Trinajstić information content (AvgIpc) is 2.80. The normalized spacial score (nSPS) is 22.6. The summed E-state index contributed by atoms with van der Waals surface area (Å²) < 4.78 is 0. The Morgan fingerprint density at radius 1 is 1.25 bits per heavy atom.